The Balaban J connectivity index is 1.62. The Morgan fingerprint density at radius 1 is 1.31 bits per heavy atom. The molecule has 0 bridgehead atoms. The minimum absolute atomic E-state index is 0.854. The Kier molecular flexibility index (Phi) is 3.01. The molecule has 2 aliphatic rings. The highest BCUT2D eigenvalue weighted by Gasteiger charge is 2.30. The minimum atomic E-state index is 0.854. The Morgan fingerprint density at radius 2 is 2.25 bits per heavy atom. The summed E-state index contributed by atoms with van der Waals surface area (Å²) in [5.41, 5.74) is 3.01. The Morgan fingerprint density at radius 3 is 3.06 bits per heavy atom. The molecule has 0 saturated carbocycles. The summed E-state index contributed by atoms with van der Waals surface area (Å²) in [4.78, 5) is 5.32. The van der Waals surface area contributed by atoms with Gasteiger partial charge in [-0.2, -0.15) is 11.3 Å². The van der Waals surface area contributed by atoms with Crippen LogP contribution in [0.2, 0.25) is 0 Å². The number of thiophene rings is 1. The SMILES string of the molecule is Cc1cscc1CN1CCN2CCCC2C1. The second-order valence-corrected chi connectivity index (χ2v) is 5.89. The van der Waals surface area contributed by atoms with E-state index in [1.54, 1.807) is 0 Å². The number of aryl methyl sites for hydroxylation is 1. The van der Waals surface area contributed by atoms with Gasteiger partial charge < -0.3 is 0 Å². The Bertz CT molecular complexity index is 361. The summed E-state index contributed by atoms with van der Waals surface area (Å²) in [5, 5.41) is 4.58. The van der Waals surface area contributed by atoms with Gasteiger partial charge in [0.25, 0.3) is 0 Å². The monoisotopic (exact) mass is 236 g/mol. The summed E-state index contributed by atoms with van der Waals surface area (Å²) in [5.74, 6) is 0. The lowest BCUT2D eigenvalue weighted by atomic mass is 10.1. The summed E-state index contributed by atoms with van der Waals surface area (Å²) in [6, 6.07) is 0.854. The van der Waals surface area contributed by atoms with Gasteiger partial charge in [-0.05, 0) is 48.2 Å². The molecule has 0 radical (unpaired) electrons. The minimum Gasteiger partial charge on any atom is -0.298 e. The van der Waals surface area contributed by atoms with Gasteiger partial charge in [-0.25, -0.2) is 0 Å². The summed E-state index contributed by atoms with van der Waals surface area (Å²) >= 11 is 1.84. The van der Waals surface area contributed by atoms with Crippen molar-refractivity contribution in [1.82, 2.24) is 9.80 Å². The fourth-order valence-electron chi connectivity index (χ4n) is 2.99. The van der Waals surface area contributed by atoms with Gasteiger partial charge in [0.05, 0.1) is 0 Å². The van der Waals surface area contributed by atoms with Gasteiger partial charge in [0.2, 0.25) is 0 Å². The molecule has 3 heterocycles. The molecule has 88 valence electrons. The highest BCUT2D eigenvalue weighted by molar-refractivity contribution is 7.08. The van der Waals surface area contributed by atoms with Crippen LogP contribution in [-0.2, 0) is 6.54 Å². The maximum absolute atomic E-state index is 2.68. The lowest BCUT2D eigenvalue weighted by Gasteiger charge is -2.37. The van der Waals surface area contributed by atoms with E-state index in [9.17, 15) is 0 Å². The molecular weight excluding hydrogens is 216 g/mol. The molecule has 2 nitrogen and oxygen atoms in total. The molecule has 3 heteroatoms. The summed E-state index contributed by atoms with van der Waals surface area (Å²) in [6.45, 7) is 8.57. The first kappa shape index (κ1) is 10.8. The maximum atomic E-state index is 2.68. The molecule has 0 spiro atoms. The van der Waals surface area contributed by atoms with Crippen LogP contribution in [-0.4, -0.2) is 42.0 Å². The van der Waals surface area contributed by atoms with Crippen LogP contribution in [0, 0.1) is 6.92 Å². The largest absolute Gasteiger partial charge is 0.298 e. The number of rotatable bonds is 2. The van der Waals surface area contributed by atoms with Gasteiger partial charge in [0, 0.05) is 32.2 Å². The Labute approximate surface area is 102 Å². The molecule has 1 atom stereocenters. The van der Waals surface area contributed by atoms with Crippen molar-refractivity contribution in [3.8, 4) is 0 Å². The molecule has 2 fully saturated rings. The third kappa shape index (κ3) is 2.04. The van der Waals surface area contributed by atoms with E-state index >= 15 is 0 Å². The molecule has 0 amide bonds. The van der Waals surface area contributed by atoms with Crippen LogP contribution in [0.3, 0.4) is 0 Å². The van der Waals surface area contributed by atoms with Crippen molar-refractivity contribution < 1.29 is 0 Å². The molecule has 3 rings (SSSR count). The second kappa shape index (κ2) is 4.47. The van der Waals surface area contributed by atoms with Gasteiger partial charge in [-0.15, -0.1) is 0 Å². The topological polar surface area (TPSA) is 6.48 Å². The van der Waals surface area contributed by atoms with Gasteiger partial charge in [-0.3, -0.25) is 9.80 Å². The standard InChI is InChI=1S/C13H20N2S/c1-11-9-16-10-12(11)7-14-5-6-15-4-2-3-13(15)8-14/h9-10,13H,2-8H2,1H3. The number of piperazine rings is 1. The number of hydrogen-bond donors (Lipinski definition) is 0. The van der Waals surface area contributed by atoms with Crippen molar-refractivity contribution in [2.75, 3.05) is 26.2 Å². The van der Waals surface area contributed by atoms with Crippen molar-refractivity contribution in [3.05, 3.63) is 21.9 Å². The Hall–Kier alpha value is -0.380. The molecule has 0 aliphatic carbocycles. The van der Waals surface area contributed by atoms with Crippen LogP contribution in [0.5, 0.6) is 0 Å². The molecule has 1 unspecified atom stereocenters. The normalized spacial score (nSPS) is 27.2. The fourth-order valence-corrected chi connectivity index (χ4v) is 3.84. The van der Waals surface area contributed by atoms with E-state index in [1.807, 2.05) is 11.3 Å². The maximum Gasteiger partial charge on any atom is 0.0245 e. The molecule has 0 aromatic carbocycles. The lowest BCUT2D eigenvalue weighted by molar-refractivity contribution is 0.0993. The summed E-state index contributed by atoms with van der Waals surface area (Å²) in [7, 11) is 0. The summed E-state index contributed by atoms with van der Waals surface area (Å²) < 4.78 is 0. The average Bonchev–Trinajstić information content (AvgIpc) is 2.88. The predicted molar refractivity (Wildman–Crippen MR) is 68.9 cm³/mol. The van der Waals surface area contributed by atoms with Crippen LogP contribution >= 0.6 is 11.3 Å². The van der Waals surface area contributed by atoms with Gasteiger partial charge in [0.15, 0.2) is 0 Å². The van der Waals surface area contributed by atoms with E-state index in [-0.39, 0.29) is 0 Å². The third-order valence-corrected chi connectivity index (χ3v) is 4.94. The quantitative estimate of drug-likeness (QED) is 0.777. The molecule has 2 saturated heterocycles. The molecular formula is C13H20N2S. The number of fused-ring (bicyclic) bond motifs is 1. The highest BCUT2D eigenvalue weighted by Crippen LogP contribution is 2.23. The van der Waals surface area contributed by atoms with E-state index in [2.05, 4.69) is 27.5 Å². The van der Waals surface area contributed by atoms with Crippen LogP contribution < -0.4 is 0 Å². The molecule has 1 aromatic rings. The van der Waals surface area contributed by atoms with Crippen LogP contribution in [0.4, 0.5) is 0 Å². The van der Waals surface area contributed by atoms with E-state index in [4.69, 9.17) is 0 Å². The summed E-state index contributed by atoms with van der Waals surface area (Å²) in [6.07, 6.45) is 2.83. The number of nitrogens with zero attached hydrogens (tertiary/aromatic N) is 2. The molecule has 16 heavy (non-hydrogen) atoms. The average molecular weight is 236 g/mol. The van der Waals surface area contributed by atoms with E-state index in [0.29, 0.717) is 0 Å². The first-order chi connectivity index (χ1) is 7.83. The molecule has 2 aliphatic heterocycles. The van der Waals surface area contributed by atoms with Gasteiger partial charge >= 0.3 is 0 Å². The fraction of sp³-hybridized carbons (Fsp3) is 0.692. The number of hydrogen-bond acceptors (Lipinski definition) is 3. The van der Waals surface area contributed by atoms with Crippen molar-refractivity contribution in [2.45, 2.75) is 32.4 Å². The lowest BCUT2D eigenvalue weighted by Crippen LogP contribution is -2.49. The van der Waals surface area contributed by atoms with Crippen molar-refractivity contribution in [1.29, 1.82) is 0 Å². The van der Waals surface area contributed by atoms with Crippen LogP contribution in [0.1, 0.15) is 24.0 Å². The molecule has 0 N–H and O–H groups in total. The molecule has 1 aromatic heterocycles. The van der Waals surface area contributed by atoms with Crippen LogP contribution in [0.25, 0.3) is 0 Å². The van der Waals surface area contributed by atoms with Gasteiger partial charge in [0.1, 0.15) is 0 Å². The van der Waals surface area contributed by atoms with Gasteiger partial charge in [-0.1, -0.05) is 0 Å². The predicted octanol–water partition coefficient (Wildman–Crippen LogP) is 2.34. The van der Waals surface area contributed by atoms with Crippen molar-refractivity contribution in [3.63, 3.8) is 0 Å². The zero-order valence-electron chi connectivity index (χ0n) is 9.98. The van der Waals surface area contributed by atoms with Crippen molar-refractivity contribution in [2.24, 2.45) is 0 Å². The highest BCUT2D eigenvalue weighted by atomic mass is 32.1. The first-order valence-electron chi connectivity index (χ1n) is 6.31. The van der Waals surface area contributed by atoms with E-state index in [1.165, 1.54) is 56.7 Å². The second-order valence-electron chi connectivity index (χ2n) is 5.15. The third-order valence-electron chi connectivity index (χ3n) is 4.03. The van der Waals surface area contributed by atoms with E-state index in [0.717, 1.165) is 6.04 Å². The zero-order valence-corrected chi connectivity index (χ0v) is 10.8. The smallest absolute Gasteiger partial charge is 0.0245 e. The van der Waals surface area contributed by atoms with Crippen molar-refractivity contribution >= 4 is 11.3 Å². The van der Waals surface area contributed by atoms with E-state index < -0.39 is 0 Å². The van der Waals surface area contributed by atoms with Crippen LogP contribution in [0.15, 0.2) is 10.8 Å². The zero-order chi connectivity index (χ0) is 11.0. The first-order valence-corrected chi connectivity index (χ1v) is 7.25.